The Kier molecular flexibility index (Phi) is 8.31. The molecule has 0 aliphatic carbocycles. The smallest absolute Gasteiger partial charge is 0.0385 e. The molecule has 0 aliphatic heterocycles. The van der Waals surface area contributed by atoms with Gasteiger partial charge in [0.2, 0.25) is 0 Å². The van der Waals surface area contributed by atoms with Crippen LogP contribution in [-0.4, -0.2) is 19.3 Å². The van der Waals surface area contributed by atoms with Gasteiger partial charge in [0.1, 0.15) is 0 Å². The molecule has 0 fully saturated rings. The van der Waals surface area contributed by atoms with Crippen LogP contribution < -0.4 is 5.73 Å². The first-order chi connectivity index (χ1) is 4.91. The third-order valence-electron chi connectivity index (χ3n) is 1.38. The summed E-state index contributed by atoms with van der Waals surface area (Å²) >= 11 is 0. The fraction of sp³-hybridized carbons (Fsp3) is 0.875. The largest absolute Gasteiger partial charge is 0.326 e. The molecule has 0 atom stereocenters. The van der Waals surface area contributed by atoms with E-state index >= 15 is 0 Å². The monoisotopic (exact) mass is 142 g/mol. The predicted octanol–water partition coefficient (Wildman–Crippen LogP) is 1.60. The number of aliphatic imine (C=N–C) groups is 1. The van der Waals surface area contributed by atoms with Gasteiger partial charge in [-0.25, -0.2) is 0 Å². The first-order valence-electron chi connectivity index (χ1n) is 4.10. The maximum Gasteiger partial charge on any atom is 0.0385 e. The Labute approximate surface area is 63.5 Å². The van der Waals surface area contributed by atoms with Crippen molar-refractivity contribution >= 4 is 6.21 Å². The summed E-state index contributed by atoms with van der Waals surface area (Å²) in [5.41, 5.74) is 5.22. The molecule has 0 unspecified atom stereocenters. The van der Waals surface area contributed by atoms with Crippen molar-refractivity contribution in [2.24, 2.45) is 10.7 Å². The van der Waals surface area contributed by atoms with Gasteiger partial charge in [-0.1, -0.05) is 26.2 Å². The fourth-order valence-corrected chi connectivity index (χ4v) is 0.796. The molecule has 0 saturated heterocycles. The molecule has 2 N–H and O–H groups in total. The normalized spacial score (nSPS) is 11.0. The minimum atomic E-state index is 0.577. The molecular formula is C8H18N2. The van der Waals surface area contributed by atoms with Crippen molar-refractivity contribution in [3.05, 3.63) is 0 Å². The van der Waals surface area contributed by atoms with Gasteiger partial charge >= 0.3 is 0 Å². The molecule has 60 valence electrons. The van der Waals surface area contributed by atoms with E-state index in [1.807, 2.05) is 0 Å². The maximum atomic E-state index is 5.22. The highest BCUT2D eigenvalue weighted by atomic mass is 14.7. The van der Waals surface area contributed by atoms with Crippen LogP contribution in [0.1, 0.15) is 32.6 Å². The molecule has 2 heteroatoms. The Morgan fingerprint density at radius 1 is 1.30 bits per heavy atom. The van der Waals surface area contributed by atoms with Crippen molar-refractivity contribution in [1.82, 2.24) is 0 Å². The van der Waals surface area contributed by atoms with E-state index in [0.29, 0.717) is 6.54 Å². The predicted molar refractivity (Wildman–Crippen MR) is 46.6 cm³/mol. The third-order valence-corrected chi connectivity index (χ3v) is 1.38. The highest BCUT2D eigenvalue weighted by molar-refractivity contribution is 5.58. The van der Waals surface area contributed by atoms with Crippen LogP contribution in [0.5, 0.6) is 0 Å². The maximum absolute atomic E-state index is 5.22. The van der Waals surface area contributed by atoms with Gasteiger partial charge in [0.25, 0.3) is 0 Å². The average molecular weight is 142 g/mol. The van der Waals surface area contributed by atoms with Crippen LogP contribution in [0.2, 0.25) is 0 Å². The highest BCUT2D eigenvalue weighted by Gasteiger charge is 1.83. The van der Waals surface area contributed by atoms with E-state index in [0.717, 1.165) is 6.54 Å². The van der Waals surface area contributed by atoms with Crippen LogP contribution in [0.4, 0.5) is 0 Å². The Hall–Kier alpha value is -0.370. The molecule has 0 rings (SSSR count). The van der Waals surface area contributed by atoms with Crippen molar-refractivity contribution in [3.8, 4) is 0 Å². The first-order valence-corrected chi connectivity index (χ1v) is 4.10. The van der Waals surface area contributed by atoms with Crippen molar-refractivity contribution in [1.29, 1.82) is 0 Å². The average Bonchev–Trinajstić information content (AvgIpc) is 1.97. The van der Waals surface area contributed by atoms with E-state index in [-0.39, 0.29) is 0 Å². The molecular weight excluding hydrogens is 124 g/mol. The summed E-state index contributed by atoms with van der Waals surface area (Å²) in [6, 6.07) is 0. The van der Waals surface area contributed by atoms with E-state index in [2.05, 4.69) is 11.9 Å². The first kappa shape index (κ1) is 9.63. The summed E-state index contributed by atoms with van der Waals surface area (Å²) in [5.74, 6) is 0. The summed E-state index contributed by atoms with van der Waals surface area (Å²) < 4.78 is 0. The van der Waals surface area contributed by atoms with E-state index in [4.69, 9.17) is 5.73 Å². The summed E-state index contributed by atoms with van der Waals surface area (Å²) in [7, 11) is 0. The van der Waals surface area contributed by atoms with E-state index < -0.39 is 0 Å². The number of unbranched alkanes of at least 4 members (excludes halogenated alkanes) is 3. The molecule has 0 aromatic rings. The van der Waals surface area contributed by atoms with Gasteiger partial charge in [0.15, 0.2) is 0 Å². The third kappa shape index (κ3) is 7.63. The fourth-order valence-electron chi connectivity index (χ4n) is 0.796. The minimum Gasteiger partial charge on any atom is -0.326 e. The van der Waals surface area contributed by atoms with Gasteiger partial charge in [-0.05, 0) is 6.42 Å². The summed E-state index contributed by atoms with van der Waals surface area (Å²) in [5, 5.41) is 0. The summed E-state index contributed by atoms with van der Waals surface area (Å²) in [4.78, 5) is 4.11. The SMILES string of the molecule is CCCCCCN=CCN. The molecule has 0 aromatic carbocycles. The molecule has 0 aliphatic rings. The molecule has 0 bridgehead atoms. The second kappa shape index (κ2) is 8.63. The number of hydrogen-bond acceptors (Lipinski definition) is 2. The van der Waals surface area contributed by atoms with Crippen molar-refractivity contribution in [2.75, 3.05) is 13.1 Å². The van der Waals surface area contributed by atoms with Crippen molar-refractivity contribution < 1.29 is 0 Å². The van der Waals surface area contributed by atoms with Crippen LogP contribution in [0, 0.1) is 0 Å². The Balaban J connectivity index is 2.83. The van der Waals surface area contributed by atoms with Crippen LogP contribution in [0.25, 0.3) is 0 Å². The zero-order valence-electron chi connectivity index (χ0n) is 6.84. The number of rotatable bonds is 6. The standard InChI is InChI=1S/C8H18N2/c1-2-3-4-5-7-10-8-6-9/h8H,2-7,9H2,1H3. The molecule has 0 saturated carbocycles. The van der Waals surface area contributed by atoms with Gasteiger partial charge in [-0.2, -0.15) is 0 Å². The quantitative estimate of drug-likeness (QED) is 0.444. The molecule has 2 nitrogen and oxygen atoms in total. The zero-order valence-corrected chi connectivity index (χ0v) is 6.84. The second-order valence-corrected chi connectivity index (χ2v) is 2.39. The van der Waals surface area contributed by atoms with Gasteiger partial charge < -0.3 is 5.73 Å². The van der Waals surface area contributed by atoms with Crippen LogP contribution in [0.3, 0.4) is 0 Å². The minimum absolute atomic E-state index is 0.577. The van der Waals surface area contributed by atoms with Crippen LogP contribution in [0.15, 0.2) is 4.99 Å². The van der Waals surface area contributed by atoms with Gasteiger partial charge in [0, 0.05) is 19.3 Å². The molecule has 0 amide bonds. The van der Waals surface area contributed by atoms with Gasteiger partial charge in [-0.3, -0.25) is 4.99 Å². The van der Waals surface area contributed by atoms with Crippen LogP contribution >= 0.6 is 0 Å². The molecule has 0 heterocycles. The van der Waals surface area contributed by atoms with E-state index in [1.165, 1.54) is 25.7 Å². The Morgan fingerprint density at radius 3 is 2.70 bits per heavy atom. The molecule has 0 aromatic heterocycles. The lowest BCUT2D eigenvalue weighted by Gasteiger charge is -1.93. The second-order valence-electron chi connectivity index (χ2n) is 2.39. The van der Waals surface area contributed by atoms with Crippen molar-refractivity contribution in [3.63, 3.8) is 0 Å². The summed E-state index contributed by atoms with van der Waals surface area (Å²) in [6.45, 7) is 3.74. The van der Waals surface area contributed by atoms with Gasteiger partial charge in [-0.15, -0.1) is 0 Å². The van der Waals surface area contributed by atoms with Crippen LogP contribution in [-0.2, 0) is 0 Å². The number of hydrogen-bond donors (Lipinski definition) is 1. The summed E-state index contributed by atoms with van der Waals surface area (Å²) in [6.07, 6.45) is 6.92. The number of nitrogens with two attached hydrogens (primary N) is 1. The highest BCUT2D eigenvalue weighted by Crippen LogP contribution is 1.97. The topological polar surface area (TPSA) is 38.4 Å². The number of nitrogens with zero attached hydrogens (tertiary/aromatic N) is 1. The lowest BCUT2D eigenvalue weighted by molar-refractivity contribution is 0.675. The zero-order chi connectivity index (χ0) is 7.66. The van der Waals surface area contributed by atoms with E-state index in [9.17, 15) is 0 Å². The van der Waals surface area contributed by atoms with E-state index in [1.54, 1.807) is 6.21 Å². The Morgan fingerprint density at radius 2 is 2.10 bits per heavy atom. The van der Waals surface area contributed by atoms with Crippen molar-refractivity contribution in [2.45, 2.75) is 32.6 Å². The molecule has 0 spiro atoms. The van der Waals surface area contributed by atoms with Gasteiger partial charge in [0.05, 0.1) is 0 Å². The lowest BCUT2D eigenvalue weighted by Crippen LogP contribution is -1.99. The lowest BCUT2D eigenvalue weighted by atomic mass is 10.2. The molecule has 0 radical (unpaired) electrons. The molecule has 10 heavy (non-hydrogen) atoms. The Bertz CT molecular complexity index is 79.3.